The van der Waals surface area contributed by atoms with Crippen LogP contribution in [-0.2, 0) is 21.4 Å². The predicted octanol–water partition coefficient (Wildman–Crippen LogP) is 4.49. The highest BCUT2D eigenvalue weighted by Gasteiger charge is 2.48. The third-order valence-electron chi connectivity index (χ3n) is 8.07. The molecule has 1 saturated carbocycles. The smallest absolute Gasteiger partial charge is 0.339 e. The lowest BCUT2D eigenvalue weighted by Gasteiger charge is -2.41. The molecular weight excluding hydrogens is 624 g/mol. The van der Waals surface area contributed by atoms with Crippen molar-refractivity contribution in [2.75, 3.05) is 18.6 Å². The second-order valence-corrected chi connectivity index (χ2v) is 12.6. The van der Waals surface area contributed by atoms with Gasteiger partial charge in [-0.3, -0.25) is 14.8 Å². The zero-order chi connectivity index (χ0) is 32.6. The summed E-state index contributed by atoms with van der Waals surface area (Å²) in [6.45, 7) is -0.735. The minimum absolute atomic E-state index is 0.0520. The van der Waals surface area contributed by atoms with Gasteiger partial charge in [-0.2, -0.15) is 13.1 Å². The third kappa shape index (κ3) is 5.91. The van der Waals surface area contributed by atoms with Gasteiger partial charge in [0.05, 0.1) is 31.2 Å². The molecular formula is C29H28F4N4O7S. The number of sulfonamides is 1. The zero-order valence-electron chi connectivity index (χ0n) is 23.8. The summed E-state index contributed by atoms with van der Waals surface area (Å²) in [4.78, 5) is 33.3. The largest absolute Gasteiger partial charge is 0.507 e. The minimum Gasteiger partial charge on any atom is -0.507 e. The van der Waals surface area contributed by atoms with Crippen LogP contribution in [0.15, 0.2) is 35.5 Å². The third-order valence-corrected chi connectivity index (χ3v) is 10.00. The van der Waals surface area contributed by atoms with Crippen molar-refractivity contribution in [3.63, 3.8) is 0 Å². The molecule has 0 radical (unpaired) electrons. The predicted molar refractivity (Wildman–Crippen MR) is 149 cm³/mol. The van der Waals surface area contributed by atoms with Gasteiger partial charge in [-0.05, 0) is 31.4 Å². The van der Waals surface area contributed by atoms with Crippen LogP contribution < -0.4 is 9.64 Å². The number of hydrogen-bond donors (Lipinski definition) is 2. The fourth-order valence-electron chi connectivity index (χ4n) is 5.57. The van der Waals surface area contributed by atoms with Gasteiger partial charge in [-0.15, -0.1) is 0 Å². The number of halogens is 4. The molecule has 2 N–H and O–H groups in total. The maximum Gasteiger partial charge on any atom is 0.339 e. The van der Waals surface area contributed by atoms with E-state index in [1.165, 1.54) is 12.3 Å². The van der Waals surface area contributed by atoms with Gasteiger partial charge in [0, 0.05) is 30.4 Å². The molecule has 1 saturated heterocycles. The van der Waals surface area contributed by atoms with Crippen LogP contribution in [0.1, 0.15) is 66.2 Å². The second kappa shape index (κ2) is 12.6. The number of carboxylic acid groups (broad SMARTS) is 1. The molecule has 16 heteroatoms. The lowest BCUT2D eigenvalue weighted by atomic mass is 9.87. The number of rotatable bonds is 9. The molecule has 1 unspecified atom stereocenters. The van der Waals surface area contributed by atoms with Crippen molar-refractivity contribution in [3.05, 3.63) is 70.8 Å². The van der Waals surface area contributed by atoms with Crippen LogP contribution in [0, 0.1) is 23.3 Å². The molecule has 2 aromatic carbocycles. The van der Waals surface area contributed by atoms with Gasteiger partial charge in [-0.1, -0.05) is 19.3 Å². The summed E-state index contributed by atoms with van der Waals surface area (Å²) in [5, 5.41) is 19.6. The van der Waals surface area contributed by atoms with E-state index in [1.807, 2.05) is 0 Å². The molecule has 1 aliphatic carbocycles. The Kier molecular flexibility index (Phi) is 8.98. The van der Waals surface area contributed by atoms with E-state index in [1.54, 1.807) is 6.20 Å². The molecule has 5 rings (SSSR count). The number of aromatic nitrogens is 2. The molecule has 0 bridgehead atoms. The van der Waals surface area contributed by atoms with Gasteiger partial charge in [-0.25, -0.2) is 22.0 Å². The molecule has 240 valence electrons. The molecule has 0 spiro atoms. The number of aromatic hydroxyl groups is 1. The van der Waals surface area contributed by atoms with Crippen molar-refractivity contribution in [1.82, 2.24) is 14.3 Å². The number of anilines is 1. The first-order valence-corrected chi connectivity index (χ1v) is 15.4. The number of phenols is 1. The molecule has 2 heterocycles. The lowest BCUT2D eigenvalue weighted by Crippen LogP contribution is -2.59. The number of amides is 1. The van der Waals surface area contributed by atoms with Crippen molar-refractivity contribution in [2.45, 2.75) is 61.9 Å². The highest BCUT2D eigenvalue weighted by atomic mass is 32.2. The van der Waals surface area contributed by atoms with Gasteiger partial charge >= 0.3 is 5.97 Å². The molecule has 1 amide bonds. The van der Waals surface area contributed by atoms with Gasteiger partial charge in [0.15, 0.2) is 22.3 Å². The number of carbonyl (C=O) groups excluding carboxylic acids is 1. The first-order chi connectivity index (χ1) is 21.4. The van der Waals surface area contributed by atoms with Crippen LogP contribution in [0.5, 0.6) is 11.5 Å². The van der Waals surface area contributed by atoms with Gasteiger partial charge in [0.2, 0.25) is 27.6 Å². The molecule has 2 fully saturated rings. The number of benzene rings is 2. The number of methoxy groups -OCH3 is 1. The summed E-state index contributed by atoms with van der Waals surface area (Å²) >= 11 is 0. The van der Waals surface area contributed by atoms with E-state index in [0.717, 1.165) is 61.9 Å². The second-order valence-electron chi connectivity index (χ2n) is 10.7. The molecule has 1 aromatic heterocycles. The van der Waals surface area contributed by atoms with E-state index >= 15 is 0 Å². The van der Waals surface area contributed by atoms with Crippen molar-refractivity contribution in [3.8, 4) is 11.5 Å². The fourth-order valence-corrected chi connectivity index (χ4v) is 7.32. The van der Waals surface area contributed by atoms with Crippen LogP contribution in [0.25, 0.3) is 0 Å². The van der Waals surface area contributed by atoms with Crippen LogP contribution in [0.2, 0.25) is 0 Å². The van der Waals surface area contributed by atoms with Crippen LogP contribution >= 0.6 is 0 Å². The fraction of sp³-hybridized carbons (Fsp3) is 0.379. The Morgan fingerprint density at radius 1 is 1.00 bits per heavy atom. The molecule has 45 heavy (non-hydrogen) atoms. The first kappa shape index (κ1) is 32.1. The summed E-state index contributed by atoms with van der Waals surface area (Å²) in [6.07, 6.45) is 8.09. The Bertz CT molecular complexity index is 1720. The topological polar surface area (TPSA) is 150 Å². The molecule has 1 aliphatic heterocycles. The van der Waals surface area contributed by atoms with Crippen molar-refractivity contribution in [1.29, 1.82) is 0 Å². The monoisotopic (exact) mass is 652 g/mol. The molecule has 3 aromatic rings. The van der Waals surface area contributed by atoms with Crippen molar-refractivity contribution < 1.29 is 50.5 Å². The van der Waals surface area contributed by atoms with E-state index < -0.39 is 79.7 Å². The first-order valence-electron chi connectivity index (χ1n) is 14.0. The van der Waals surface area contributed by atoms with Crippen LogP contribution in [0.3, 0.4) is 0 Å². The summed E-state index contributed by atoms with van der Waals surface area (Å²) in [7, 11) is -4.58. The van der Waals surface area contributed by atoms with Crippen LogP contribution in [0.4, 0.5) is 23.2 Å². The van der Waals surface area contributed by atoms with E-state index in [4.69, 9.17) is 0 Å². The van der Waals surface area contributed by atoms with Crippen LogP contribution in [-0.4, -0.2) is 64.5 Å². The summed E-state index contributed by atoms with van der Waals surface area (Å²) < 4.78 is 89.8. The van der Waals surface area contributed by atoms with Gasteiger partial charge < -0.3 is 19.8 Å². The Labute approximate surface area is 255 Å². The molecule has 2 aliphatic rings. The summed E-state index contributed by atoms with van der Waals surface area (Å²) in [6, 6.07) is 1.64. The highest BCUT2D eigenvalue weighted by molar-refractivity contribution is 7.89. The Balaban J connectivity index is 1.49. The van der Waals surface area contributed by atoms with E-state index in [9.17, 15) is 45.8 Å². The van der Waals surface area contributed by atoms with E-state index in [2.05, 4.69) is 14.7 Å². The number of hydrogen-bond acceptors (Lipinski definition) is 8. The Morgan fingerprint density at radius 2 is 1.67 bits per heavy atom. The maximum absolute atomic E-state index is 14.8. The quantitative estimate of drug-likeness (QED) is 0.252. The zero-order valence-corrected chi connectivity index (χ0v) is 24.7. The SMILES string of the molecule is COc1c(F)c(F)c(S(=O)(=O)N2CCC2C(=O)N(Cc2cnc(C3CCCCC3)cn2)c2ccc(C(=O)O)c(O)c2)c(F)c1F. The number of aromatic carboxylic acids is 1. The summed E-state index contributed by atoms with van der Waals surface area (Å²) in [5.41, 5.74) is 0.516. The number of ether oxygens (including phenoxy) is 1. The average Bonchev–Trinajstić information content (AvgIpc) is 2.99. The standard InChI is InChI=1S/C29H28F4N4O7S/c1-44-26-22(30)24(32)27(25(33)23(26)31)45(42,43)37-10-9-20(37)28(39)36(17-7-8-18(29(40)41)21(38)11-17)14-16-12-35-19(13-34-16)15-5-3-2-4-6-15/h7-8,11-13,15,20,38H,2-6,9-10,14H2,1H3,(H,40,41). The normalized spacial score (nSPS) is 17.5. The molecule has 1 atom stereocenters. The Hall–Kier alpha value is -4.31. The Morgan fingerprint density at radius 3 is 2.18 bits per heavy atom. The van der Waals surface area contributed by atoms with E-state index in [0.29, 0.717) is 4.31 Å². The lowest BCUT2D eigenvalue weighted by molar-refractivity contribution is -0.125. The van der Waals surface area contributed by atoms with Crippen molar-refractivity contribution in [2.24, 2.45) is 0 Å². The van der Waals surface area contributed by atoms with E-state index in [-0.39, 0.29) is 30.3 Å². The minimum atomic E-state index is -5.32. The van der Waals surface area contributed by atoms with Crippen molar-refractivity contribution >= 4 is 27.6 Å². The molecule has 11 nitrogen and oxygen atoms in total. The number of carboxylic acids is 1. The highest BCUT2D eigenvalue weighted by Crippen LogP contribution is 2.38. The van der Waals surface area contributed by atoms with Gasteiger partial charge in [0.25, 0.3) is 0 Å². The maximum atomic E-state index is 14.8. The summed E-state index contributed by atoms with van der Waals surface area (Å²) in [5.74, 6) is -12.9. The van der Waals surface area contributed by atoms with Gasteiger partial charge in [0.1, 0.15) is 17.4 Å². The average molecular weight is 653 g/mol. The number of nitrogens with zero attached hydrogens (tertiary/aromatic N) is 4. The number of carbonyl (C=O) groups is 2.